The van der Waals surface area contributed by atoms with Gasteiger partial charge in [-0.05, 0) is 276 Å². The van der Waals surface area contributed by atoms with Gasteiger partial charge >= 0.3 is 0 Å². The van der Waals surface area contributed by atoms with Gasteiger partial charge < -0.3 is 18.6 Å². The van der Waals surface area contributed by atoms with Crippen LogP contribution >= 0.6 is 0 Å². The van der Waals surface area contributed by atoms with Crippen LogP contribution in [-0.4, -0.2) is 0 Å². The minimum absolute atomic E-state index is 0.138. The second-order valence-corrected chi connectivity index (χ2v) is 38.6. The van der Waals surface area contributed by atoms with Crippen LogP contribution in [0.3, 0.4) is 0 Å². The van der Waals surface area contributed by atoms with E-state index < -0.39 is 16.2 Å². The second-order valence-electron chi connectivity index (χ2n) is 38.6. The molecule has 0 radical (unpaired) electrons. The molecule has 28 rings (SSSR count). The van der Waals surface area contributed by atoms with E-state index in [0.717, 1.165) is 100 Å². The Kier molecular flexibility index (Phi) is 19.7. The first-order valence-corrected chi connectivity index (χ1v) is 49.3. The lowest BCUT2D eigenvalue weighted by Gasteiger charge is -2.50. The van der Waals surface area contributed by atoms with Crippen molar-refractivity contribution in [3.63, 3.8) is 0 Å². The summed E-state index contributed by atoms with van der Waals surface area (Å²) >= 11 is 0. The highest BCUT2D eigenvalue weighted by Crippen LogP contribution is 2.68. The van der Waals surface area contributed by atoms with Gasteiger partial charge in [-0.3, -0.25) is 0 Å². The summed E-state index contributed by atoms with van der Waals surface area (Å²) < 4.78 is 12.6. The van der Waals surface area contributed by atoms with E-state index in [1.807, 2.05) is 24.3 Å². The van der Waals surface area contributed by atoms with Crippen molar-refractivity contribution >= 4 is 78.0 Å². The molecule has 668 valence electrons. The molecular formula is C138H94N2O2. The van der Waals surface area contributed by atoms with Crippen molar-refractivity contribution in [1.29, 1.82) is 0 Å². The molecule has 2 aromatic heterocycles. The normalized spacial score (nSPS) is 13.6. The molecule has 4 aliphatic rings. The summed E-state index contributed by atoms with van der Waals surface area (Å²) in [6.45, 7) is 4.77. The van der Waals surface area contributed by atoms with Crippen molar-refractivity contribution in [1.82, 2.24) is 0 Å². The Morgan fingerprint density at radius 3 is 0.732 bits per heavy atom. The summed E-state index contributed by atoms with van der Waals surface area (Å²) in [4.78, 5) is 4.73. The molecule has 24 aromatic rings. The molecule has 0 saturated carbocycles. The molecule has 0 bridgehead atoms. The summed E-state index contributed by atoms with van der Waals surface area (Å²) in [5.74, 6) is 0. The summed E-state index contributed by atoms with van der Waals surface area (Å²) in [6, 6.07) is 196. The van der Waals surface area contributed by atoms with Crippen LogP contribution in [0.15, 0.2) is 543 Å². The van der Waals surface area contributed by atoms with E-state index in [1.165, 1.54) is 145 Å². The van der Waals surface area contributed by atoms with Crippen LogP contribution in [0, 0.1) is 0 Å². The monoisotopic (exact) mass is 1810 g/mol. The van der Waals surface area contributed by atoms with Crippen LogP contribution in [0.2, 0.25) is 0 Å². The van der Waals surface area contributed by atoms with E-state index in [4.69, 9.17) is 8.83 Å². The fourth-order valence-corrected chi connectivity index (χ4v) is 24.8. The molecule has 0 fully saturated rings. The number of hydrogen-bond donors (Lipinski definition) is 0. The third kappa shape index (κ3) is 12.9. The fraction of sp³-hybridized carbons (Fsp3) is 0.0435. The Morgan fingerprint density at radius 1 is 0.155 bits per heavy atom. The zero-order valence-corrected chi connectivity index (χ0v) is 78.5. The number of para-hydroxylation sites is 2. The zero-order valence-electron chi connectivity index (χ0n) is 78.5. The maximum Gasteiger partial charge on any atom is 0.136 e. The van der Waals surface area contributed by atoms with Crippen LogP contribution in [0.1, 0.15) is 91.7 Å². The lowest BCUT2D eigenvalue weighted by molar-refractivity contribution is 0.563. The van der Waals surface area contributed by atoms with Crippen LogP contribution in [0.4, 0.5) is 34.1 Å². The molecule has 4 heteroatoms. The molecule has 2 spiro atoms. The maximum atomic E-state index is 6.30. The average molecular weight is 1810 g/mol. The molecular weight excluding hydrogens is 1720 g/mol. The Bertz CT molecular complexity index is 8870. The van der Waals surface area contributed by atoms with Crippen molar-refractivity contribution in [3.8, 4) is 89.0 Å². The van der Waals surface area contributed by atoms with E-state index in [2.05, 4.69) is 533 Å². The Morgan fingerprint density at radius 2 is 0.387 bits per heavy atom. The Hall–Kier alpha value is -18.0. The molecule has 0 N–H and O–H groups in total. The van der Waals surface area contributed by atoms with E-state index in [9.17, 15) is 0 Å². The minimum Gasteiger partial charge on any atom is -0.456 e. The molecule has 142 heavy (non-hydrogen) atoms. The van der Waals surface area contributed by atoms with E-state index >= 15 is 0 Å². The third-order valence-electron chi connectivity index (χ3n) is 31.0. The van der Waals surface area contributed by atoms with Gasteiger partial charge in [0.05, 0.1) is 16.2 Å². The maximum absolute atomic E-state index is 6.30. The SMILES string of the molecule is CC1(C)c2ccccc2C2(c3ccccc3-c3c(-c4ccc(N(c5ccc(-c6ccccc6)cc5)c5ccc(-c6ccc7c(c6)oc6ccccc67)cc5)cc4)cccc32)c2ccccc21.c1ccc(-c2ccc(N(c3ccc(-c4ccc5c(c4)oc4ccccc45)cc3)c3ccc(-c4cccc5c4-c4ccccc4C54c5ccccc5C(c5ccccc5)(c5ccccc5)c5ccccc54)cc3)cc2)cc1. The third-order valence-corrected chi connectivity index (χ3v) is 31.0. The highest BCUT2D eigenvalue weighted by molar-refractivity contribution is 6.08. The number of benzene rings is 22. The highest BCUT2D eigenvalue weighted by Gasteiger charge is 2.58. The van der Waals surface area contributed by atoms with Gasteiger partial charge in [0, 0.05) is 61.1 Å². The molecule has 0 unspecified atom stereocenters. The van der Waals surface area contributed by atoms with Crippen molar-refractivity contribution in [2.45, 2.75) is 35.5 Å². The Labute approximate surface area is 827 Å². The zero-order chi connectivity index (χ0) is 94.2. The van der Waals surface area contributed by atoms with Gasteiger partial charge in [-0.25, -0.2) is 0 Å². The van der Waals surface area contributed by atoms with Crippen molar-refractivity contribution in [2.24, 2.45) is 0 Å². The largest absolute Gasteiger partial charge is 0.456 e. The van der Waals surface area contributed by atoms with E-state index in [0.29, 0.717) is 0 Å². The van der Waals surface area contributed by atoms with Gasteiger partial charge in [0.1, 0.15) is 22.3 Å². The standard InChI is InChI=1S/C74H49NO.C64H45NO/c1-4-19-50(20-5-1)51-35-42-57(43-36-51)75(58-44-37-52(38-45-58)54-41-48-62-61-25-11-17-34-70(61)76-71(62)49-54)59-46-39-53(40-47-59)60-27-18-33-69-72(60)63-26-10-12-28-64(63)74(69)67-31-15-13-29-65(67)73(55-21-6-2-7-22-55,56-23-8-3-9-24-56)66-30-14-16-32-68(66)74;1-63(2)55-21-9-11-23-57(55)64(58-24-12-10-22-56(58)63)54-20-8-6-18-53(54)62-50(19-14-25-59(62)64)45-31-38-49(39-32-45)65(47-34-27-43(28-35-47)42-15-4-3-5-16-42)48-36-29-44(30-37-48)46-33-40-52-51-17-7-13-26-60(51)66-61(52)41-46/h1-49H;3-41H,1-2H3. The van der Waals surface area contributed by atoms with Gasteiger partial charge in [0.2, 0.25) is 0 Å². The smallest absolute Gasteiger partial charge is 0.136 e. The predicted molar refractivity (Wildman–Crippen MR) is 588 cm³/mol. The first-order chi connectivity index (χ1) is 70.2. The van der Waals surface area contributed by atoms with Gasteiger partial charge in [0.25, 0.3) is 0 Å². The molecule has 2 heterocycles. The number of furan rings is 2. The molecule has 4 nitrogen and oxygen atoms in total. The van der Waals surface area contributed by atoms with Crippen LogP contribution in [-0.2, 0) is 21.7 Å². The number of rotatable bonds is 14. The van der Waals surface area contributed by atoms with Crippen LogP contribution in [0.5, 0.6) is 0 Å². The van der Waals surface area contributed by atoms with Gasteiger partial charge in [0.15, 0.2) is 0 Å². The number of fused-ring (bicyclic) bond motifs is 24. The van der Waals surface area contributed by atoms with Gasteiger partial charge in [-0.1, -0.05) is 438 Å². The predicted octanol–water partition coefficient (Wildman–Crippen LogP) is 36.2. The minimum atomic E-state index is -0.575. The number of anilines is 6. The highest BCUT2D eigenvalue weighted by atomic mass is 16.3. The summed E-state index contributed by atoms with van der Waals surface area (Å²) in [5, 5.41) is 4.55. The number of hydrogen-bond acceptors (Lipinski definition) is 4. The number of nitrogens with zero attached hydrogens (tertiary/aromatic N) is 2. The molecule has 0 atom stereocenters. The summed E-state index contributed by atoms with van der Waals surface area (Å²) in [6.07, 6.45) is 0. The molecule has 22 aromatic carbocycles. The average Bonchev–Trinajstić information content (AvgIpc) is 1.52. The van der Waals surface area contributed by atoms with E-state index in [1.54, 1.807) is 0 Å². The topological polar surface area (TPSA) is 32.8 Å². The quantitative estimate of drug-likeness (QED) is 0.109. The summed E-state index contributed by atoms with van der Waals surface area (Å²) in [7, 11) is 0. The lowest BCUT2D eigenvalue weighted by atomic mass is 9.51. The summed E-state index contributed by atoms with van der Waals surface area (Å²) in [5.41, 5.74) is 46.3. The van der Waals surface area contributed by atoms with E-state index in [-0.39, 0.29) is 5.41 Å². The second kappa shape index (κ2) is 33.5. The molecule has 0 aliphatic heterocycles. The Balaban J connectivity index is 0.000000143. The van der Waals surface area contributed by atoms with Crippen LogP contribution < -0.4 is 9.80 Å². The lowest BCUT2D eigenvalue weighted by Crippen LogP contribution is -2.44. The van der Waals surface area contributed by atoms with Gasteiger partial charge in [-0.15, -0.1) is 0 Å². The first kappa shape index (κ1) is 83.4. The van der Waals surface area contributed by atoms with Crippen molar-refractivity contribution in [2.75, 3.05) is 9.80 Å². The van der Waals surface area contributed by atoms with Crippen molar-refractivity contribution < 1.29 is 8.83 Å². The first-order valence-electron chi connectivity index (χ1n) is 49.3. The molecule has 0 saturated heterocycles. The van der Waals surface area contributed by atoms with Crippen molar-refractivity contribution in [3.05, 3.63) is 612 Å². The molecule has 4 aliphatic carbocycles. The molecule has 0 amide bonds. The van der Waals surface area contributed by atoms with Gasteiger partial charge in [-0.2, -0.15) is 0 Å². The van der Waals surface area contributed by atoms with Crippen LogP contribution in [0.25, 0.3) is 133 Å². The fourth-order valence-electron chi connectivity index (χ4n) is 24.8.